The Bertz CT molecular complexity index is 256. The van der Waals surface area contributed by atoms with Gasteiger partial charge in [-0.15, -0.1) is 0 Å². The Morgan fingerprint density at radius 2 is 2.38 bits per heavy atom. The first-order valence-corrected chi connectivity index (χ1v) is 5.81. The van der Waals surface area contributed by atoms with Crippen molar-refractivity contribution in [1.29, 1.82) is 0 Å². The second-order valence-corrected chi connectivity index (χ2v) is 3.85. The number of hydrogen-bond donors (Lipinski definition) is 1. The summed E-state index contributed by atoms with van der Waals surface area (Å²) in [5.41, 5.74) is 0. The third-order valence-corrected chi connectivity index (χ3v) is 2.70. The maximum atomic E-state index is 11.8. The molecule has 1 heterocycles. The molecule has 1 N–H and O–H groups in total. The average molecular weight is 228 g/mol. The Balaban J connectivity index is 2.32. The van der Waals surface area contributed by atoms with Gasteiger partial charge in [-0.25, -0.2) is 0 Å². The summed E-state index contributed by atoms with van der Waals surface area (Å²) in [5.74, 6) is -0.0218. The van der Waals surface area contributed by atoms with Gasteiger partial charge in [-0.3, -0.25) is 9.59 Å². The molecular weight excluding hydrogens is 208 g/mol. The fourth-order valence-corrected chi connectivity index (χ4v) is 1.74. The number of nitrogens with one attached hydrogen (secondary N) is 1. The van der Waals surface area contributed by atoms with Crippen LogP contribution < -0.4 is 5.32 Å². The number of carbonyl (C=O) groups is 2. The minimum atomic E-state index is -0.339. The Morgan fingerprint density at radius 1 is 1.62 bits per heavy atom. The molecule has 0 aromatic carbocycles. The molecule has 1 aliphatic heterocycles. The highest BCUT2D eigenvalue weighted by molar-refractivity contribution is 5.88. The second-order valence-electron chi connectivity index (χ2n) is 3.85. The van der Waals surface area contributed by atoms with Gasteiger partial charge in [0.05, 0.1) is 0 Å². The van der Waals surface area contributed by atoms with Crippen LogP contribution in [0.25, 0.3) is 0 Å². The Labute approximate surface area is 96.1 Å². The number of carbonyl (C=O) groups excluding carboxylic acids is 2. The first-order valence-electron chi connectivity index (χ1n) is 5.81. The van der Waals surface area contributed by atoms with Gasteiger partial charge >= 0.3 is 0 Å². The summed E-state index contributed by atoms with van der Waals surface area (Å²) < 4.78 is 5.17. The summed E-state index contributed by atoms with van der Waals surface area (Å²) in [5, 5.41) is 2.74. The predicted octanol–water partition coefficient (Wildman–Crippen LogP) is 0.150. The second kappa shape index (κ2) is 6.48. The topological polar surface area (TPSA) is 58.6 Å². The number of hydrogen-bond acceptors (Lipinski definition) is 3. The van der Waals surface area contributed by atoms with Gasteiger partial charge in [-0.05, 0) is 20.3 Å². The first kappa shape index (κ1) is 13.0. The van der Waals surface area contributed by atoms with Gasteiger partial charge in [-0.1, -0.05) is 0 Å². The number of amides is 2. The SMILES string of the molecule is CCOCCCC(=O)N1CCNC(=O)C1C. The molecule has 5 nitrogen and oxygen atoms in total. The zero-order valence-corrected chi connectivity index (χ0v) is 9.99. The van der Waals surface area contributed by atoms with E-state index in [9.17, 15) is 9.59 Å². The van der Waals surface area contributed by atoms with Crippen LogP contribution in [0.2, 0.25) is 0 Å². The van der Waals surface area contributed by atoms with Crippen LogP contribution in [0.3, 0.4) is 0 Å². The first-order chi connectivity index (χ1) is 7.66. The van der Waals surface area contributed by atoms with Gasteiger partial charge in [-0.2, -0.15) is 0 Å². The van der Waals surface area contributed by atoms with Crippen LogP contribution >= 0.6 is 0 Å². The van der Waals surface area contributed by atoms with Crippen LogP contribution in [0, 0.1) is 0 Å². The van der Waals surface area contributed by atoms with E-state index in [0.29, 0.717) is 32.7 Å². The Hall–Kier alpha value is -1.10. The number of rotatable bonds is 5. The molecule has 0 aliphatic carbocycles. The largest absolute Gasteiger partial charge is 0.382 e. The maximum absolute atomic E-state index is 11.8. The van der Waals surface area contributed by atoms with Crippen LogP contribution in [-0.4, -0.2) is 49.1 Å². The summed E-state index contributed by atoms with van der Waals surface area (Å²) in [6.07, 6.45) is 1.18. The molecule has 1 unspecified atom stereocenters. The molecule has 2 amide bonds. The molecule has 1 atom stereocenters. The highest BCUT2D eigenvalue weighted by Crippen LogP contribution is 2.07. The average Bonchev–Trinajstić information content (AvgIpc) is 2.28. The molecular formula is C11H20N2O3. The Morgan fingerprint density at radius 3 is 3.06 bits per heavy atom. The Kier molecular flexibility index (Phi) is 5.25. The minimum absolute atomic E-state index is 0.0436. The van der Waals surface area contributed by atoms with Gasteiger partial charge in [0.15, 0.2) is 0 Å². The van der Waals surface area contributed by atoms with Crippen molar-refractivity contribution in [2.75, 3.05) is 26.3 Å². The normalized spacial score (nSPS) is 20.8. The van der Waals surface area contributed by atoms with Crippen LogP contribution in [0.4, 0.5) is 0 Å². The smallest absolute Gasteiger partial charge is 0.242 e. The van der Waals surface area contributed by atoms with Crippen LogP contribution in [0.5, 0.6) is 0 Å². The van der Waals surface area contributed by atoms with Crippen molar-refractivity contribution in [1.82, 2.24) is 10.2 Å². The molecule has 92 valence electrons. The van der Waals surface area contributed by atoms with E-state index in [4.69, 9.17) is 4.74 Å². The molecule has 0 aromatic rings. The van der Waals surface area contributed by atoms with Gasteiger partial charge in [0.25, 0.3) is 0 Å². The third kappa shape index (κ3) is 3.48. The van der Waals surface area contributed by atoms with Crippen molar-refractivity contribution >= 4 is 11.8 Å². The van der Waals surface area contributed by atoms with E-state index in [1.807, 2.05) is 6.92 Å². The van der Waals surface area contributed by atoms with Crippen LogP contribution in [-0.2, 0) is 14.3 Å². The molecule has 1 fully saturated rings. The van der Waals surface area contributed by atoms with Crippen molar-refractivity contribution in [3.63, 3.8) is 0 Å². The molecule has 5 heteroatoms. The lowest BCUT2D eigenvalue weighted by atomic mass is 10.1. The molecule has 0 saturated carbocycles. The lowest BCUT2D eigenvalue weighted by molar-refractivity contribution is -0.142. The quantitative estimate of drug-likeness (QED) is 0.681. The zero-order valence-electron chi connectivity index (χ0n) is 9.99. The van der Waals surface area contributed by atoms with Crippen molar-refractivity contribution < 1.29 is 14.3 Å². The van der Waals surface area contributed by atoms with Gasteiger partial charge < -0.3 is 15.0 Å². The summed E-state index contributed by atoms with van der Waals surface area (Å²) in [6.45, 7) is 6.14. The molecule has 0 aromatic heterocycles. The highest BCUT2D eigenvalue weighted by atomic mass is 16.5. The monoisotopic (exact) mass is 228 g/mol. The van der Waals surface area contributed by atoms with E-state index < -0.39 is 0 Å². The zero-order chi connectivity index (χ0) is 12.0. The number of ether oxygens (including phenoxy) is 1. The van der Waals surface area contributed by atoms with E-state index in [0.717, 1.165) is 6.42 Å². The summed E-state index contributed by atoms with van der Waals surface area (Å²) in [6, 6.07) is -0.339. The standard InChI is InChI=1S/C11H20N2O3/c1-3-16-8-4-5-10(14)13-7-6-12-11(15)9(13)2/h9H,3-8H2,1-2H3,(H,12,15). The van der Waals surface area contributed by atoms with E-state index in [1.165, 1.54) is 0 Å². The fraction of sp³-hybridized carbons (Fsp3) is 0.818. The molecule has 16 heavy (non-hydrogen) atoms. The highest BCUT2D eigenvalue weighted by Gasteiger charge is 2.28. The van der Waals surface area contributed by atoms with Gasteiger partial charge in [0.1, 0.15) is 6.04 Å². The maximum Gasteiger partial charge on any atom is 0.242 e. The molecule has 0 bridgehead atoms. The molecule has 1 rings (SSSR count). The van der Waals surface area contributed by atoms with E-state index in [1.54, 1.807) is 11.8 Å². The summed E-state index contributed by atoms with van der Waals surface area (Å²) >= 11 is 0. The lowest BCUT2D eigenvalue weighted by Gasteiger charge is -2.32. The lowest BCUT2D eigenvalue weighted by Crippen LogP contribution is -2.55. The minimum Gasteiger partial charge on any atom is -0.382 e. The van der Waals surface area contributed by atoms with Crippen molar-refractivity contribution in [3.8, 4) is 0 Å². The van der Waals surface area contributed by atoms with E-state index >= 15 is 0 Å². The van der Waals surface area contributed by atoms with Gasteiger partial charge in [0.2, 0.25) is 11.8 Å². The fourth-order valence-electron chi connectivity index (χ4n) is 1.74. The van der Waals surface area contributed by atoms with E-state index in [2.05, 4.69) is 5.32 Å². The molecule has 0 spiro atoms. The van der Waals surface area contributed by atoms with Gasteiger partial charge in [0, 0.05) is 32.7 Å². The molecule has 0 radical (unpaired) electrons. The van der Waals surface area contributed by atoms with E-state index in [-0.39, 0.29) is 17.9 Å². The molecule has 1 saturated heterocycles. The van der Waals surface area contributed by atoms with Crippen molar-refractivity contribution in [2.24, 2.45) is 0 Å². The summed E-state index contributed by atoms with van der Waals surface area (Å²) in [4.78, 5) is 24.8. The molecule has 1 aliphatic rings. The van der Waals surface area contributed by atoms with Crippen LogP contribution in [0.15, 0.2) is 0 Å². The van der Waals surface area contributed by atoms with Crippen molar-refractivity contribution in [2.45, 2.75) is 32.7 Å². The number of nitrogens with zero attached hydrogens (tertiary/aromatic N) is 1. The number of piperazine rings is 1. The van der Waals surface area contributed by atoms with Crippen LogP contribution in [0.1, 0.15) is 26.7 Å². The van der Waals surface area contributed by atoms with Crippen molar-refractivity contribution in [3.05, 3.63) is 0 Å². The predicted molar refractivity (Wildman–Crippen MR) is 59.9 cm³/mol. The summed E-state index contributed by atoms with van der Waals surface area (Å²) in [7, 11) is 0. The third-order valence-electron chi connectivity index (χ3n) is 2.70.